The van der Waals surface area contributed by atoms with Gasteiger partial charge in [-0.05, 0) is 56.7 Å². The summed E-state index contributed by atoms with van der Waals surface area (Å²) in [4.78, 5) is 51.3. The van der Waals surface area contributed by atoms with E-state index in [1.54, 1.807) is 24.3 Å². The second-order valence-electron chi connectivity index (χ2n) is 8.44. The summed E-state index contributed by atoms with van der Waals surface area (Å²) in [5, 5.41) is 0.505. The van der Waals surface area contributed by atoms with Crippen molar-refractivity contribution >= 4 is 35.2 Å². The van der Waals surface area contributed by atoms with Crippen LogP contribution in [0.15, 0.2) is 65.8 Å². The average molecular weight is 505 g/mol. The quantitative estimate of drug-likeness (QED) is 0.248. The van der Waals surface area contributed by atoms with Crippen molar-refractivity contribution in [2.75, 3.05) is 17.3 Å². The lowest BCUT2D eigenvalue weighted by Crippen LogP contribution is -2.45. The number of amides is 3. The summed E-state index contributed by atoms with van der Waals surface area (Å²) in [7, 11) is 0. The van der Waals surface area contributed by atoms with E-state index >= 15 is 0 Å². The standard InChI is InChI=1S/C27H28N4O4S/c1-4-35-22-12-10-21(11-13-22)31-24(32)15-23(26(31)34)30(16-20-8-6-5-7-9-20)25(33)17-36-27-28-18(2)14-19(3)29-27/h5-14,23H,4,15-17H2,1-3H3. The van der Waals surface area contributed by atoms with Gasteiger partial charge >= 0.3 is 0 Å². The summed E-state index contributed by atoms with van der Waals surface area (Å²) < 4.78 is 5.46. The van der Waals surface area contributed by atoms with Crippen molar-refractivity contribution in [1.82, 2.24) is 14.9 Å². The molecule has 1 fully saturated rings. The summed E-state index contributed by atoms with van der Waals surface area (Å²) >= 11 is 1.22. The van der Waals surface area contributed by atoms with E-state index < -0.39 is 11.9 Å². The van der Waals surface area contributed by atoms with Crippen LogP contribution in [-0.2, 0) is 20.9 Å². The van der Waals surface area contributed by atoms with E-state index in [-0.39, 0.29) is 30.5 Å². The van der Waals surface area contributed by atoms with E-state index in [0.29, 0.717) is 23.2 Å². The zero-order valence-corrected chi connectivity index (χ0v) is 21.3. The predicted molar refractivity (Wildman–Crippen MR) is 138 cm³/mol. The summed E-state index contributed by atoms with van der Waals surface area (Å²) in [5.74, 6) is -0.308. The van der Waals surface area contributed by atoms with Gasteiger partial charge in [0.05, 0.1) is 24.5 Å². The minimum atomic E-state index is -0.891. The maximum atomic E-state index is 13.5. The molecule has 1 aliphatic heterocycles. The molecule has 0 N–H and O–H groups in total. The SMILES string of the molecule is CCOc1ccc(N2C(=O)CC(N(Cc3ccccc3)C(=O)CSc3nc(C)cc(C)n3)C2=O)cc1. The molecular weight excluding hydrogens is 476 g/mol. The van der Waals surface area contributed by atoms with Gasteiger partial charge in [-0.1, -0.05) is 42.1 Å². The number of rotatable bonds is 9. The largest absolute Gasteiger partial charge is 0.494 e. The van der Waals surface area contributed by atoms with Crippen LogP contribution < -0.4 is 9.64 Å². The topological polar surface area (TPSA) is 92.7 Å². The van der Waals surface area contributed by atoms with E-state index in [0.717, 1.165) is 21.9 Å². The van der Waals surface area contributed by atoms with Gasteiger partial charge in [0.25, 0.3) is 5.91 Å². The molecular formula is C27H28N4O4S. The van der Waals surface area contributed by atoms with Gasteiger partial charge in [0.15, 0.2) is 5.16 Å². The first-order chi connectivity index (χ1) is 17.4. The number of carbonyl (C=O) groups is 3. The van der Waals surface area contributed by atoms with Gasteiger partial charge in [0.2, 0.25) is 11.8 Å². The van der Waals surface area contributed by atoms with Crippen LogP contribution in [0.1, 0.15) is 30.3 Å². The highest BCUT2D eigenvalue weighted by Crippen LogP contribution is 2.29. The molecule has 0 aliphatic carbocycles. The lowest BCUT2D eigenvalue weighted by molar-refractivity contribution is -0.136. The minimum absolute atomic E-state index is 0.0523. The van der Waals surface area contributed by atoms with Crippen molar-refractivity contribution in [2.45, 2.75) is 44.9 Å². The lowest BCUT2D eigenvalue weighted by atomic mass is 10.1. The first-order valence-electron chi connectivity index (χ1n) is 11.7. The van der Waals surface area contributed by atoms with Crippen LogP contribution in [0.5, 0.6) is 5.75 Å². The molecule has 4 rings (SSSR count). The molecule has 1 saturated heterocycles. The van der Waals surface area contributed by atoms with Crippen LogP contribution >= 0.6 is 11.8 Å². The molecule has 1 aromatic heterocycles. The number of nitrogens with zero attached hydrogens (tertiary/aromatic N) is 4. The molecule has 8 nitrogen and oxygen atoms in total. The number of hydrogen-bond donors (Lipinski definition) is 0. The second-order valence-corrected chi connectivity index (χ2v) is 9.39. The highest BCUT2D eigenvalue weighted by atomic mass is 32.2. The monoisotopic (exact) mass is 504 g/mol. The van der Waals surface area contributed by atoms with Crippen LogP contribution in [0.3, 0.4) is 0 Å². The van der Waals surface area contributed by atoms with Crippen molar-refractivity contribution in [3.8, 4) is 5.75 Å². The number of aromatic nitrogens is 2. The first kappa shape index (κ1) is 25.4. The number of anilines is 1. The summed E-state index contributed by atoms with van der Waals surface area (Å²) in [6.07, 6.45) is -0.0741. The number of imide groups is 1. The number of ether oxygens (including phenoxy) is 1. The Kier molecular flexibility index (Phi) is 8.00. The molecule has 0 radical (unpaired) electrons. The van der Waals surface area contributed by atoms with E-state index in [2.05, 4.69) is 9.97 Å². The highest BCUT2D eigenvalue weighted by molar-refractivity contribution is 7.99. The Labute approximate surface area is 214 Å². The molecule has 2 heterocycles. The summed E-state index contributed by atoms with van der Waals surface area (Å²) in [6, 6.07) is 17.2. The van der Waals surface area contributed by atoms with Crippen molar-refractivity contribution in [1.29, 1.82) is 0 Å². The van der Waals surface area contributed by atoms with Gasteiger partial charge in [0, 0.05) is 17.9 Å². The Balaban J connectivity index is 1.56. The molecule has 3 aromatic rings. The molecule has 0 saturated carbocycles. The van der Waals surface area contributed by atoms with Crippen LogP contribution in [-0.4, -0.2) is 51.0 Å². The number of carbonyl (C=O) groups excluding carboxylic acids is 3. The zero-order valence-electron chi connectivity index (χ0n) is 20.5. The maximum absolute atomic E-state index is 13.5. The predicted octanol–water partition coefficient (Wildman–Crippen LogP) is 3.95. The minimum Gasteiger partial charge on any atom is -0.494 e. The molecule has 1 atom stereocenters. The van der Waals surface area contributed by atoms with Crippen molar-refractivity contribution in [2.24, 2.45) is 0 Å². The van der Waals surface area contributed by atoms with E-state index in [1.165, 1.54) is 16.7 Å². The molecule has 2 aromatic carbocycles. The summed E-state index contributed by atoms with van der Waals surface area (Å²) in [5.41, 5.74) is 2.97. The van der Waals surface area contributed by atoms with Gasteiger partial charge in [-0.2, -0.15) is 0 Å². The molecule has 0 spiro atoms. The van der Waals surface area contributed by atoms with Crippen molar-refractivity contribution in [3.05, 3.63) is 77.6 Å². The van der Waals surface area contributed by atoms with Gasteiger partial charge in [-0.3, -0.25) is 14.4 Å². The van der Waals surface area contributed by atoms with Gasteiger partial charge < -0.3 is 9.64 Å². The number of aryl methyl sites for hydroxylation is 2. The number of hydrogen-bond acceptors (Lipinski definition) is 7. The fourth-order valence-electron chi connectivity index (χ4n) is 4.11. The number of thioether (sulfide) groups is 1. The second kappa shape index (κ2) is 11.3. The molecule has 36 heavy (non-hydrogen) atoms. The van der Waals surface area contributed by atoms with Crippen LogP contribution in [0.4, 0.5) is 5.69 Å². The zero-order chi connectivity index (χ0) is 25.7. The fraction of sp³-hybridized carbons (Fsp3) is 0.296. The highest BCUT2D eigenvalue weighted by Gasteiger charge is 2.44. The van der Waals surface area contributed by atoms with Gasteiger partial charge in [-0.25, -0.2) is 14.9 Å². The molecule has 1 aliphatic rings. The van der Waals surface area contributed by atoms with Crippen LogP contribution in [0.25, 0.3) is 0 Å². The third-order valence-corrected chi connectivity index (χ3v) is 6.54. The molecule has 9 heteroatoms. The average Bonchev–Trinajstić information content (AvgIpc) is 3.15. The van der Waals surface area contributed by atoms with Crippen LogP contribution in [0, 0.1) is 13.8 Å². The third kappa shape index (κ3) is 5.91. The Bertz CT molecular complexity index is 1230. The summed E-state index contributed by atoms with van der Waals surface area (Å²) in [6.45, 7) is 6.37. The fourth-order valence-corrected chi connectivity index (χ4v) is 4.94. The normalized spacial score (nSPS) is 15.3. The smallest absolute Gasteiger partial charge is 0.257 e. The van der Waals surface area contributed by atoms with Gasteiger partial charge in [0.1, 0.15) is 11.8 Å². The van der Waals surface area contributed by atoms with Crippen LogP contribution in [0.2, 0.25) is 0 Å². The Hall–Kier alpha value is -3.72. The Morgan fingerprint density at radius 3 is 2.36 bits per heavy atom. The third-order valence-electron chi connectivity index (χ3n) is 5.71. The van der Waals surface area contributed by atoms with Crippen molar-refractivity contribution < 1.29 is 19.1 Å². The Morgan fingerprint density at radius 1 is 1.06 bits per heavy atom. The number of benzene rings is 2. The molecule has 1 unspecified atom stereocenters. The molecule has 0 bridgehead atoms. The van der Waals surface area contributed by atoms with Gasteiger partial charge in [-0.15, -0.1) is 0 Å². The van der Waals surface area contributed by atoms with Crippen molar-refractivity contribution in [3.63, 3.8) is 0 Å². The lowest BCUT2D eigenvalue weighted by Gasteiger charge is -2.27. The van der Waals surface area contributed by atoms with E-state index in [4.69, 9.17) is 4.74 Å². The van der Waals surface area contributed by atoms with E-state index in [9.17, 15) is 14.4 Å². The Morgan fingerprint density at radius 2 is 1.72 bits per heavy atom. The molecule has 3 amide bonds. The maximum Gasteiger partial charge on any atom is 0.257 e. The first-order valence-corrected chi connectivity index (χ1v) is 12.7. The van der Waals surface area contributed by atoms with E-state index in [1.807, 2.05) is 57.2 Å². The molecule has 186 valence electrons.